The van der Waals surface area contributed by atoms with Gasteiger partial charge in [0.2, 0.25) is 0 Å². The van der Waals surface area contributed by atoms with E-state index in [1.807, 2.05) is 99.7 Å². The molecule has 3 aromatic rings. The first-order valence-corrected chi connectivity index (χ1v) is 29.3. The molecule has 0 bridgehead atoms. The predicted molar refractivity (Wildman–Crippen MR) is 358 cm³/mol. The molecule has 0 unspecified atom stereocenters. The number of rotatable bonds is 24. The summed E-state index contributed by atoms with van der Waals surface area (Å²) in [6, 6.07) is 31.5. The van der Waals surface area contributed by atoms with Crippen molar-refractivity contribution in [2.45, 2.75) is 83.1 Å². The summed E-state index contributed by atoms with van der Waals surface area (Å²) in [5.74, 6) is -0.769. The van der Waals surface area contributed by atoms with Crippen molar-refractivity contribution >= 4 is 65.0 Å². The SMILES string of the molecule is CC(/C=C/C=C(\C)C(=O)[O-])=C\C=C\C=C(C)\C=C\C=C(/C)C(=O)[O-].COC(=O)/C(C)=C/C=C/C(C)=C/C=C/C=C(C)/C=C/C=C(C)C.COC(=O)/C(C)=C/C=P(c1ccccc1)(c1ccccc1)c1ccccc1.C\C(C=O)=C/C=C/C=C(\C)C=O.[Na+].[Na+]. The van der Waals surface area contributed by atoms with E-state index < -0.39 is 18.8 Å². The van der Waals surface area contributed by atoms with Gasteiger partial charge in [-0.25, -0.2) is 9.59 Å². The second-order valence-corrected chi connectivity index (χ2v) is 22.7. The number of carboxylic acids is 2. The van der Waals surface area contributed by atoms with Crippen LogP contribution in [0, 0.1) is 0 Å². The minimum absolute atomic E-state index is 0. The van der Waals surface area contributed by atoms with Gasteiger partial charge in [0.05, 0.1) is 26.2 Å². The summed E-state index contributed by atoms with van der Waals surface area (Å²) in [6.07, 6.45) is 47.4. The summed E-state index contributed by atoms with van der Waals surface area (Å²) in [5.41, 5.74) is 8.31. The average Bonchev–Trinajstić information content (AvgIpc) is 2.12. The number of ether oxygens (including phenoxy) is 2. The van der Waals surface area contributed by atoms with Crippen LogP contribution >= 0.6 is 6.89 Å². The Kier molecular flexibility index (Phi) is 49.6. The van der Waals surface area contributed by atoms with E-state index in [0.717, 1.165) is 29.3 Å². The van der Waals surface area contributed by atoms with E-state index in [1.54, 1.807) is 82.4 Å². The van der Waals surface area contributed by atoms with E-state index in [2.05, 4.69) is 128 Å². The van der Waals surface area contributed by atoms with E-state index >= 15 is 0 Å². The number of aldehydes is 2. The van der Waals surface area contributed by atoms with Crippen LogP contribution in [-0.2, 0) is 38.2 Å². The van der Waals surface area contributed by atoms with Gasteiger partial charge in [0.15, 0.2) is 0 Å². The Morgan fingerprint density at radius 1 is 0.341 bits per heavy atom. The molecule has 88 heavy (non-hydrogen) atoms. The fourth-order valence-corrected chi connectivity index (χ4v) is 10.3. The van der Waals surface area contributed by atoms with Crippen molar-refractivity contribution in [3.05, 3.63) is 304 Å². The molecule has 0 radical (unpaired) electrons. The van der Waals surface area contributed by atoms with Crippen LogP contribution in [0.5, 0.6) is 0 Å². The summed E-state index contributed by atoms with van der Waals surface area (Å²) < 4.78 is 9.51. The smallest absolute Gasteiger partial charge is 0.545 e. The van der Waals surface area contributed by atoms with Crippen molar-refractivity contribution in [2.24, 2.45) is 0 Å². The number of hydrogen-bond acceptors (Lipinski definition) is 10. The number of hydrogen-bond donors (Lipinski definition) is 0. The number of aliphatic carboxylic acids is 2. The number of carbonyl (C=O) groups is 6. The van der Waals surface area contributed by atoms with E-state index in [4.69, 9.17) is 4.74 Å². The summed E-state index contributed by atoms with van der Waals surface area (Å²) in [4.78, 5) is 64.4. The zero-order chi connectivity index (χ0) is 64.7. The molecule has 0 fully saturated rings. The fourth-order valence-electron chi connectivity index (χ4n) is 6.48. The first-order chi connectivity index (χ1) is 41.0. The first-order valence-electron chi connectivity index (χ1n) is 27.5. The maximum atomic E-state index is 11.9. The van der Waals surface area contributed by atoms with Crippen molar-refractivity contribution in [3.63, 3.8) is 0 Å². The third kappa shape index (κ3) is 39.3. The molecule has 0 spiro atoms. The molecule has 3 rings (SSSR count). The number of carbonyl (C=O) groups excluding carboxylic acids is 6. The molecule has 0 amide bonds. The molecule has 13 heteroatoms. The quantitative estimate of drug-likeness (QED) is 0.0222. The molecule has 0 saturated heterocycles. The summed E-state index contributed by atoms with van der Waals surface area (Å²) >= 11 is 0. The molecular formula is C75H85Na2O10P. The Hall–Kier alpha value is -7.50. The topological polar surface area (TPSA) is 167 Å². The molecule has 0 aliphatic heterocycles. The summed E-state index contributed by atoms with van der Waals surface area (Å²) in [7, 11) is 2.79. The second kappa shape index (κ2) is 51.5. The standard InChI is InChI=1S/C24H23O2P.C21H28O2.C20H24O4.C10H12O2.2Na/c1-20(24(25)26-2)18-19-27(21-12-6-3-7-13-21,22-14-8-4-9-15-22)23-16-10-5-11-17-23;1-17(2)11-9-14-18(3)12-7-8-13-19(4)15-10-16-20(5)21(22)23-6;1-15(11-7-13-17(3)19(21)22)9-5-6-10-16(2)12-8-14-18(4)20(23)24;1-9(7-11)5-3-4-6-10(2)8-12;;/h3-19H,1-2H3;7-16H,1-6H3;5-14H,1-4H3,(H,21,22)(H,23,24);3-8H,1-2H3;;/q;;;;2*+1/p-2/b20-18+;8-7+,14-9+,15-10+,18-12+,19-13+,20-16+;6-5+,11-7+,12-8+,15-9+,16-10+,17-13+,18-14+;4-3+,9-5+,10-6+;;. The van der Waals surface area contributed by atoms with Gasteiger partial charge in [0, 0.05) is 11.1 Å². The van der Waals surface area contributed by atoms with E-state index in [-0.39, 0.29) is 82.2 Å². The number of benzene rings is 3. The molecular weight excluding hydrogens is 1140 g/mol. The van der Waals surface area contributed by atoms with Crippen LogP contribution in [0.4, 0.5) is 0 Å². The Labute approximate surface area is 569 Å². The molecule has 0 heterocycles. The van der Waals surface area contributed by atoms with Crippen LogP contribution in [0.3, 0.4) is 0 Å². The molecule has 452 valence electrons. The zero-order valence-electron chi connectivity index (χ0n) is 54.4. The van der Waals surface area contributed by atoms with Crippen LogP contribution in [0.2, 0.25) is 0 Å². The summed E-state index contributed by atoms with van der Waals surface area (Å²) in [5, 5.41) is 24.8. The largest absolute Gasteiger partial charge is 1.00 e. The van der Waals surface area contributed by atoms with Crippen molar-refractivity contribution in [2.75, 3.05) is 14.2 Å². The van der Waals surface area contributed by atoms with Gasteiger partial charge in [0.25, 0.3) is 0 Å². The van der Waals surface area contributed by atoms with Crippen molar-refractivity contribution in [3.8, 4) is 0 Å². The van der Waals surface area contributed by atoms with Gasteiger partial charge in [-0.3, -0.25) is 9.59 Å². The molecule has 0 N–H and O–H groups in total. The van der Waals surface area contributed by atoms with Gasteiger partial charge < -0.3 is 29.3 Å². The van der Waals surface area contributed by atoms with Crippen LogP contribution in [0.15, 0.2) is 304 Å². The van der Waals surface area contributed by atoms with Crippen LogP contribution in [0.25, 0.3) is 0 Å². The van der Waals surface area contributed by atoms with Crippen molar-refractivity contribution < 1.29 is 108 Å². The average molecular weight is 1220 g/mol. The third-order valence-corrected chi connectivity index (χ3v) is 15.4. The number of allylic oxidation sites excluding steroid dienone is 32. The molecule has 0 saturated carbocycles. The fraction of sp³-hybridized carbons (Fsp3) is 0.187. The Morgan fingerprint density at radius 2 is 0.591 bits per heavy atom. The normalized spacial score (nSPS) is 13.2. The molecule has 0 aromatic heterocycles. The number of methoxy groups -OCH3 is 2. The van der Waals surface area contributed by atoms with Crippen molar-refractivity contribution in [1.29, 1.82) is 0 Å². The Bertz CT molecular complexity index is 3150. The molecule has 3 aromatic carbocycles. The molecule has 0 aliphatic rings. The maximum absolute atomic E-state index is 11.9. The molecule has 0 atom stereocenters. The van der Waals surface area contributed by atoms with E-state index in [0.29, 0.717) is 22.3 Å². The van der Waals surface area contributed by atoms with Gasteiger partial charge in [-0.1, -0.05) is 277 Å². The third-order valence-electron chi connectivity index (χ3n) is 11.5. The predicted octanol–water partition coefficient (Wildman–Crippen LogP) is 7.32. The van der Waals surface area contributed by atoms with Crippen LogP contribution < -0.4 is 85.2 Å². The van der Waals surface area contributed by atoms with Crippen LogP contribution in [-0.4, -0.2) is 56.5 Å². The first kappa shape index (κ1) is 84.7. The van der Waals surface area contributed by atoms with E-state index in [1.165, 1.54) is 67.3 Å². The van der Waals surface area contributed by atoms with Gasteiger partial charge >= 0.3 is 71.1 Å². The second-order valence-electron chi connectivity index (χ2n) is 19.4. The summed E-state index contributed by atoms with van der Waals surface area (Å²) in [6.45, 7) is 19.9. The van der Waals surface area contributed by atoms with Gasteiger partial charge in [0.1, 0.15) is 12.6 Å². The maximum Gasteiger partial charge on any atom is 1.00 e. The van der Waals surface area contributed by atoms with Crippen LogP contribution in [0.1, 0.15) is 83.1 Å². The monoisotopic (exact) mass is 1220 g/mol. The van der Waals surface area contributed by atoms with E-state index in [9.17, 15) is 39.0 Å². The molecule has 10 nitrogen and oxygen atoms in total. The van der Waals surface area contributed by atoms with Gasteiger partial charge in [-0.05, 0) is 128 Å². The Morgan fingerprint density at radius 3 is 0.841 bits per heavy atom. The number of carboxylic acid groups (broad SMARTS) is 2. The Balaban J connectivity index is -0.00000112. The van der Waals surface area contributed by atoms with Gasteiger partial charge in [-0.2, -0.15) is 0 Å². The minimum atomic E-state index is -2.07. The minimum Gasteiger partial charge on any atom is -0.545 e. The zero-order valence-corrected chi connectivity index (χ0v) is 59.3. The van der Waals surface area contributed by atoms with Crippen molar-refractivity contribution in [1.82, 2.24) is 0 Å². The molecule has 0 aliphatic carbocycles. The van der Waals surface area contributed by atoms with Gasteiger partial charge in [-0.15, -0.1) is 0 Å². The number of esters is 2.